The van der Waals surface area contributed by atoms with Crippen LogP contribution in [0.4, 0.5) is 0 Å². The Morgan fingerprint density at radius 1 is 0.694 bits per heavy atom. The fourth-order valence-corrected chi connectivity index (χ4v) is 14.8. The second-order valence-corrected chi connectivity index (χ2v) is 16.2. The van der Waals surface area contributed by atoms with Gasteiger partial charge in [0.1, 0.15) is 0 Å². The number of hydrogen-bond acceptors (Lipinski definition) is 3. The number of ether oxygens (including phenoxy) is 1. The highest BCUT2D eigenvalue weighted by molar-refractivity contribution is 7.08. The maximum absolute atomic E-state index is 11.7. The van der Waals surface area contributed by atoms with Gasteiger partial charge in [-0.2, -0.15) is 0 Å². The molecular weight excluding hydrogens is 477 g/mol. The summed E-state index contributed by atoms with van der Waals surface area (Å²) in [6, 6.07) is 43.3. The van der Waals surface area contributed by atoms with E-state index in [1.165, 1.54) is 26.8 Å². The van der Waals surface area contributed by atoms with Crippen molar-refractivity contribution in [3.63, 3.8) is 0 Å². The molecule has 4 rings (SSSR count). The van der Waals surface area contributed by atoms with E-state index in [2.05, 4.69) is 122 Å². The molecule has 0 saturated heterocycles. The van der Waals surface area contributed by atoms with Crippen molar-refractivity contribution in [1.29, 1.82) is 0 Å². The Morgan fingerprint density at radius 3 is 1.47 bits per heavy atom. The first kappa shape index (κ1) is 25.6. The molecule has 0 bridgehead atoms. The predicted octanol–water partition coefficient (Wildman–Crippen LogP) is 4.27. The molecule has 182 valence electrons. The third-order valence-electron chi connectivity index (χ3n) is 6.59. The average molecular weight is 509 g/mol. The standard InChI is InChI=1S/C31H32O3Si2/c1-3-31(32)33-25-16-26-36(29-21-12-6-13-22-29,30-23-14-7-15-24-30)34-35(2,27-17-8-4-9-18-27)28-19-10-5-11-20-28/h3-15,17-24H,1,16,25-26H2,2H3. The maximum atomic E-state index is 11.7. The molecule has 4 aromatic rings. The van der Waals surface area contributed by atoms with E-state index in [0.717, 1.165) is 6.04 Å². The molecule has 0 spiro atoms. The molecule has 0 heterocycles. The van der Waals surface area contributed by atoms with Gasteiger partial charge in [0.25, 0.3) is 0 Å². The molecule has 0 aromatic heterocycles. The predicted molar refractivity (Wildman–Crippen MR) is 153 cm³/mol. The lowest BCUT2D eigenvalue weighted by molar-refractivity contribution is -0.137. The van der Waals surface area contributed by atoms with Gasteiger partial charge in [-0.25, -0.2) is 4.79 Å². The van der Waals surface area contributed by atoms with Crippen molar-refractivity contribution in [2.45, 2.75) is 19.0 Å². The zero-order valence-corrected chi connectivity index (χ0v) is 22.7. The summed E-state index contributed by atoms with van der Waals surface area (Å²) >= 11 is 0. The topological polar surface area (TPSA) is 35.5 Å². The van der Waals surface area contributed by atoms with Crippen LogP contribution in [0.15, 0.2) is 134 Å². The molecule has 3 nitrogen and oxygen atoms in total. The van der Waals surface area contributed by atoms with Crippen LogP contribution in [-0.4, -0.2) is 29.2 Å². The van der Waals surface area contributed by atoms with Gasteiger partial charge in [0.05, 0.1) is 6.61 Å². The van der Waals surface area contributed by atoms with Crippen molar-refractivity contribution in [2.24, 2.45) is 0 Å². The molecule has 36 heavy (non-hydrogen) atoms. The summed E-state index contributed by atoms with van der Waals surface area (Å²) in [7, 11) is -5.44. The van der Waals surface area contributed by atoms with Gasteiger partial charge >= 0.3 is 5.97 Å². The third kappa shape index (κ3) is 5.65. The molecule has 0 unspecified atom stereocenters. The van der Waals surface area contributed by atoms with Crippen molar-refractivity contribution in [1.82, 2.24) is 0 Å². The fraction of sp³-hybridized carbons (Fsp3) is 0.129. The molecule has 0 aliphatic rings. The van der Waals surface area contributed by atoms with Gasteiger partial charge in [-0.1, -0.05) is 128 Å². The summed E-state index contributed by atoms with van der Waals surface area (Å²) in [5.74, 6) is -0.393. The number of benzene rings is 4. The summed E-state index contributed by atoms with van der Waals surface area (Å²) in [5.41, 5.74) is 0. The van der Waals surface area contributed by atoms with Crippen molar-refractivity contribution < 1.29 is 13.6 Å². The number of carbonyl (C=O) groups is 1. The van der Waals surface area contributed by atoms with Crippen molar-refractivity contribution in [3.05, 3.63) is 134 Å². The van der Waals surface area contributed by atoms with E-state index < -0.39 is 22.6 Å². The van der Waals surface area contributed by atoms with Gasteiger partial charge in [-0.3, -0.25) is 0 Å². The molecule has 0 N–H and O–H groups in total. The summed E-state index contributed by atoms with van der Waals surface area (Å²) in [6.45, 7) is 6.15. The first-order valence-corrected chi connectivity index (χ1v) is 16.8. The van der Waals surface area contributed by atoms with Crippen molar-refractivity contribution in [3.8, 4) is 0 Å². The van der Waals surface area contributed by atoms with Crippen molar-refractivity contribution in [2.75, 3.05) is 6.61 Å². The summed E-state index contributed by atoms with van der Waals surface area (Å²) in [4.78, 5) is 11.7. The van der Waals surface area contributed by atoms with Crippen LogP contribution < -0.4 is 20.7 Å². The number of esters is 1. The van der Waals surface area contributed by atoms with Crippen LogP contribution in [0.1, 0.15) is 6.42 Å². The van der Waals surface area contributed by atoms with Crippen molar-refractivity contribution >= 4 is 43.4 Å². The maximum Gasteiger partial charge on any atom is 0.330 e. The highest BCUT2D eigenvalue weighted by Gasteiger charge is 2.47. The van der Waals surface area contributed by atoms with Gasteiger partial charge in [-0.05, 0) is 39.8 Å². The minimum absolute atomic E-state index is 0.331. The smallest absolute Gasteiger partial charge is 0.330 e. The first-order chi connectivity index (χ1) is 17.6. The largest absolute Gasteiger partial charge is 0.463 e. The Balaban J connectivity index is 1.87. The molecule has 0 amide bonds. The fourth-order valence-electron chi connectivity index (χ4n) is 4.74. The molecular formula is C31H32O3Si2. The lowest BCUT2D eigenvalue weighted by Crippen LogP contribution is -2.71. The molecule has 0 saturated carbocycles. The molecule has 5 heteroatoms. The van der Waals surface area contributed by atoms with Crippen LogP contribution >= 0.6 is 0 Å². The van der Waals surface area contributed by atoms with Crippen LogP contribution in [0.2, 0.25) is 12.6 Å². The minimum Gasteiger partial charge on any atom is -0.463 e. The Kier molecular flexibility index (Phi) is 8.49. The Morgan fingerprint density at radius 2 is 1.08 bits per heavy atom. The van der Waals surface area contributed by atoms with Gasteiger partial charge < -0.3 is 8.85 Å². The van der Waals surface area contributed by atoms with Crippen LogP contribution in [0, 0.1) is 0 Å². The molecule has 0 aliphatic carbocycles. The monoisotopic (exact) mass is 508 g/mol. The van der Waals surface area contributed by atoms with Gasteiger partial charge in [-0.15, -0.1) is 0 Å². The van der Waals surface area contributed by atoms with E-state index in [4.69, 9.17) is 8.85 Å². The zero-order chi connectivity index (χ0) is 25.3. The molecule has 0 atom stereocenters. The van der Waals surface area contributed by atoms with Crippen LogP contribution in [0.5, 0.6) is 0 Å². The normalized spacial score (nSPS) is 11.6. The van der Waals surface area contributed by atoms with Crippen LogP contribution in [0.3, 0.4) is 0 Å². The van der Waals surface area contributed by atoms with Crippen LogP contribution in [0.25, 0.3) is 0 Å². The molecule has 0 fully saturated rings. The van der Waals surface area contributed by atoms with E-state index in [9.17, 15) is 4.79 Å². The van der Waals surface area contributed by atoms with Gasteiger partial charge in [0.2, 0.25) is 16.6 Å². The van der Waals surface area contributed by atoms with E-state index >= 15 is 0 Å². The number of carbonyl (C=O) groups excluding carboxylic acids is 1. The summed E-state index contributed by atoms with van der Waals surface area (Å²) < 4.78 is 13.1. The van der Waals surface area contributed by atoms with E-state index in [1.54, 1.807) is 0 Å². The quantitative estimate of drug-likeness (QED) is 0.131. The lowest BCUT2D eigenvalue weighted by Gasteiger charge is -2.42. The highest BCUT2D eigenvalue weighted by atomic mass is 28.4. The highest BCUT2D eigenvalue weighted by Crippen LogP contribution is 2.22. The molecule has 0 radical (unpaired) electrons. The Bertz CT molecular complexity index is 1170. The summed E-state index contributed by atoms with van der Waals surface area (Å²) in [6.07, 6.45) is 1.91. The first-order valence-electron chi connectivity index (χ1n) is 12.3. The second-order valence-electron chi connectivity index (χ2n) is 8.90. The average Bonchev–Trinajstić information content (AvgIpc) is 2.96. The van der Waals surface area contributed by atoms with E-state index in [0.29, 0.717) is 13.0 Å². The Hall–Kier alpha value is -3.52. The number of rotatable bonds is 11. The zero-order valence-electron chi connectivity index (χ0n) is 20.7. The summed E-state index contributed by atoms with van der Waals surface area (Å²) in [5, 5.41) is 4.91. The number of hydrogen-bond donors (Lipinski definition) is 0. The molecule has 0 aliphatic heterocycles. The minimum atomic E-state index is -2.79. The third-order valence-corrected chi connectivity index (χ3v) is 16.1. The van der Waals surface area contributed by atoms with Gasteiger partial charge in [0.15, 0.2) is 0 Å². The van der Waals surface area contributed by atoms with E-state index in [1.807, 2.05) is 12.1 Å². The molecule has 4 aromatic carbocycles. The van der Waals surface area contributed by atoms with Gasteiger partial charge in [0, 0.05) is 6.08 Å². The van der Waals surface area contributed by atoms with E-state index in [-0.39, 0.29) is 0 Å². The SMILES string of the molecule is C=CC(=O)OCCC[Si](O[Si](C)(c1ccccc1)c1ccccc1)(c1ccccc1)c1ccccc1. The lowest BCUT2D eigenvalue weighted by atomic mass is 10.4. The van der Waals surface area contributed by atoms with Crippen LogP contribution in [-0.2, 0) is 13.6 Å². The second kappa shape index (κ2) is 11.9. The Labute approximate surface area is 216 Å².